The van der Waals surface area contributed by atoms with Gasteiger partial charge in [-0.2, -0.15) is 15.5 Å². The summed E-state index contributed by atoms with van der Waals surface area (Å²) in [5.41, 5.74) is 2.38. The number of nitrogens with one attached hydrogen (secondary N) is 1. The molecule has 1 amide bonds. The van der Waals surface area contributed by atoms with Crippen LogP contribution in [-0.4, -0.2) is 25.1 Å². The Labute approximate surface area is 229 Å². The maximum atomic E-state index is 12.6. The van der Waals surface area contributed by atoms with Crippen molar-refractivity contribution in [2.75, 3.05) is 18.5 Å². The smallest absolute Gasteiger partial charge is 0.311 e. The standard InChI is InChI=1S/C31H34N4O4/c1-30(2,3)21-31(4,5)29(37)39-19-18-38-27-16-8-23(9-17-27)28(36)33-24-12-14-26(15-13-24)35-34-25-10-6-22(20-32)7-11-25/h6-17H,18-19,21H2,1-5H3,(H,33,36). The Morgan fingerprint density at radius 2 is 1.38 bits per heavy atom. The Kier molecular flexibility index (Phi) is 9.56. The van der Waals surface area contributed by atoms with Crippen LogP contribution in [0.4, 0.5) is 17.1 Å². The zero-order chi connectivity index (χ0) is 28.5. The number of hydrogen-bond donors (Lipinski definition) is 1. The molecule has 3 aromatic rings. The highest BCUT2D eigenvalue weighted by Gasteiger charge is 2.33. The Bertz CT molecular complexity index is 1330. The third kappa shape index (κ3) is 9.38. The first-order chi connectivity index (χ1) is 18.4. The summed E-state index contributed by atoms with van der Waals surface area (Å²) in [6.45, 7) is 10.4. The molecule has 8 heteroatoms. The molecule has 0 atom stereocenters. The van der Waals surface area contributed by atoms with Gasteiger partial charge in [0.2, 0.25) is 0 Å². The van der Waals surface area contributed by atoms with Crippen LogP contribution in [-0.2, 0) is 9.53 Å². The van der Waals surface area contributed by atoms with Crippen molar-refractivity contribution in [2.45, 2.75) is 41.0 Å². The Hall–Kier alpha value is -4.51. The van der Waals surface area contributed by atoms with Crippen molar-refractivity contribution < 1.29 is 19.1 Å². The zero-order valence-corrected chi connectivity index (χ0v) is 23.0. The summed E-state index contributed by atoms with van der Waals surface area (Å²) in [4.78, 5) is 25.0. The maximum Gasteiger partial charge on any atom is 0.311 e. The van der Waals surface area contributed by atoms with Crippen LogP contribution in [0.5, 0.6) is 5.75 Å². The summed E-state index contributed by atoms with van der Waals surface area (Å²) in [5, 5.41) is 20.0. The second-order valence-corrected chi connectivity index (χ2v) is 11.0. The van der Waals surface area contributed by atoms with Crippen LogP contribution in [0.15, 0.2) is 83.0 Å². The largest absolute Gasteiger partial charge is 0.490 e. The summed E-state index contributed by atoms with van der Waals surface area (Å²) < 4.78 is 11.1. The number of hydrogen-bond acceptors (Lipinski definition) is 7. The van der Waals surface area contributed by atoms with Gasteiger partial charge in [0.1, 0.15) is 19.0 Å². The second-order valence-electron chi connectivity index (χ2n) is 11.0. The fourth-order valence-corrected chi connectivity index (χ4v) is 4.12. The Morgan fingerprint density at radius 1 is 0.821 bits per heavy atom. The number of esters is 1. The fourth-order valence-electron chi connectivity index (χ4n) is 4.12. The monoisotopic (exact) mass is 526 g/mol. The molecule has 3 aromatic carbocycles. The zero-order valence-electron chi connectivity index (χ0n) is 23.0. The van der Waals surface area contributed by atoms with Crippen molar-refractivity contribution in [1.82, 2.24) is 0 Å². The first kappa shape index (κ1) is 29.1. The molecular weight excluding hydrogens is 492 g/mol. The second kappa shape index (κ2) is 12.8. The molecule has 0 fully saturated rings. The molecule has 0 aliphatic rings. The highest BCUT2D eigenvalue weighted by atomic mass is 16.6. The van der Waals surface area contributed by atoms with E-state index in [0.717, 1.165) is 6.42 Å². The molecule has 0 bridgehead atoms. The van der Waals surface area contributed by atoms with Gasteiger partial charge >= 0.3 is 5.97 Å². The van der Waals surface area contributed by atoms with Gasteiger partial charge < -0.3 is 14.8 Å². The molecule has 0 saturated heterocycles. The van der Waals surface area contributed by atoms with E-state index in [1.54, 1.807) is 72.8 Å². The number of carbonyl (C=O) groups is 2. The Morgan fingerprint density at radius 3 is 1.92 bits per heavy atom. The Balaban J connectivity index is 1.45. The lowest BCUT2D eigenvalue weighted by molar-refractivity contribution is -0.156. The lowest BCUT2D eigenvalue weighted by Crippen LogP contribution is -2.32. The van der Waals surface area contributed by atoms with Gasteiger partial charge in [-0.25, -0.2) is 0 Å². The van der Waals surface area contributed by atoms with Crippen molar-refractivity contribution in [3.05, 3.63) is 83.9 Å². The van der Waals surface area contributed by atoms with E-state index in [4.69, 9.17) is 14.7 Å². The number of ether oxygens (including phenoxy) is 2. The van der Waals surface area contributed by atoms with E-state index in [-0.39, 0.29) is 30.5 Å². The average molecular weight is 527 g/mol. The number of carbonyl (C=O) groups excluding carboxylic acids is 2. The molecule has 202 valence electrons. The van der Waals surface area contributed by atoms with E-state index in [1.165, 1.54) is 0 Å². The first-order valence-corrected chi connectivity index (χ1v) is 12.7. The van der Waals surface area contributed by atoms with Crippen LogP contribution >= 0.6 is 0 Å². The van der Waals surface area contributed by atoms with E-state index in [0.29, 0.717) is 33.9 Å². The quantitative estimate of drug-likeness (QED) is 0.166. The highest BCUT2D eigenvalue weighted by molar-refractivity contribution is 6.04. The van der Waals surface area contributed by atoms with E-state index in [9.17, 15) is 9.59 Å². The van der Waals surface area contributed by atoms with E-state index >= 15 is 0 Å². The number of rotatable bonds is 10. The number of benzene rings is 3. The van der Waals surface area contributed by atoms with E-state index in [1.807, 2.05) is 13.8 Å². The maximum absolute atomic E-state index is 12.6. The molecule has 39 heavy (non-hydrogen) atoms. The highest BCUT2D eigenvalue weighted by Crippen LogP contribution is 2.34. The van der Waals surface area contributed by atoms with E-state index < -0.39 is 5.41 Å². The van der Waals surface area contributed by atoms with Gasteiger partial charge in [0.25, 0.3) is 5.91 Å². The van der Waals surface area contributed by atoms with Crippen LogP contribution in [0.25, 0.3) is 0 Å². The van der Waals surface area contributed by atoms with Crippen molar-refractivity contribution in [1.29, 1.82) is 5.26 Å². The summed E-state index contributed by atoms with van der Waals surface area (Å²) in [5.74, 6) is 0.0764. The molecule has 0 radical (unpaired) electrons. The van der Waals surface area contributed by atoms with Gasteiger partial charge in [-0.1, -0.05) is 20.8 Å². The number of anilines is 1. The number of amides is 1. The van der Waals surface area contributed by atoms with Gasteiger partial charge in [0.15, 0.2) is 0 Å². The topological polar surface area (TPSA) is 113 Å². The minimum atomic E-state index is -0.566. The molecule has 0 heterocycles. The number of nitrogens with zero attached hydrogens (tertiary/aromatic N) is 3. The van der Waals surface area contributed by atoms with Gasteiger partial charge in [0, 0.05) is 11.3 Å². The van der Waals surface area contributed by atoms with Crippen LogP contribution in [0.3, 0.4) is 0 Å². The minimum Gasteiger partial charge on any atom is -0.490 e. The SMILES string of the molecule is CC(C)(C)CC(C)(C)C(=O)OCCOc1ccc(C(=O)Nc2ccc(N=Nc3ccc(C#N)cc3)cc2)cc1. The van der Waals surface area contributed by atoms with Gasteiger partial charge in [-0.3, -0.25) is 9.59 Å². The molecule has 8 nitrogen and oxygen atoms in total. The molecule has 0 aromatic heterocycles. The predicted molar refractivity (Wildman–Crippen MR) is 150 cm³/mol. The van der Waals surface area contributed by atoms with Crippen molar-refractivity contribution >= 4 is 28.9 Å². The first-order valence-electron chi connectivity index (χ1n) is 12.7. The average Bonchev–Trinajstić information content (AvgIpc) is 2.90. The van der Waals surface area contributed by atoms with Crippen molar-refractivity contribution in [3.63, 3.8) is 0 Å². The van der Waals surface area contributed by atoms with Crippen molar-refractivity contribution in [2.24, 2.45) is 21.1 Å². The van der Waals surface area contributed by atoms with Gasteiger partial charge in [0.05, 0.1) is 28.4 Å². The molecule has 1 N–H and O–H groups in total. The normalized spacial score (nSPS) is 11.6. The van der Waals surface area contributed by atoms with E-state index in [2.05, 4.69) is 42.4 Å². The lowest BCUT2D eigenvalue weighted by Gasteiger charge is -2.30. The predicted octanol–water partition coefficient (Wildman–Crippen LogP) is 7.61. The third-order valence-electron chi connectivity index (χ3n) is 5.63. The number of azo groups is 1. The minimum absolute atomic E-state index is 0.0244. The van der Waals surface area contributed by atoms with Crippen LogP contribution in [0, 0.1) is 22.2 Å². The molecule has 0 unspecified atom stereocenters. The lowest BCUT2D eigenvalue weighted by atomic mass is 9.76. The van der Waals surface area contributed by atoms with Crippen LogP contribution in [0.1, 0.15) is 57.0 Å². The van der Waals surface area contributed by atoms with Gasteiger partial charge in [-0.15, -0.1) is 0 Å². The summed E-state index contributed by atoms with van der Waals surface area (Å²) in [7, 11) is 0. The molecule has 0 saturated carbocycles. The van der Waals surface area contributed by atoms with Gasteiger partial charge in [-0.05, 0) is 98.5 Å². The number of nitriles is 1. The molecule has 0 aliphatic carbocycles. The van der Waals surface area contributed by atoms with Crippen LogP contribution in [0.2, 0.25) is 0 Å². The summed E-state index contributed by atoms with van der Waals surface area (Å²) in [6, 6.07) is 22.6. The summed E-state index contributed by atoms with van der Waals surface area (Å²) in [6.07, 6.45) is 0.721. The molecular formula is C31H34N4O4. The molecule has 0 spiro atoms. The molecule has 0 aliphatic heterocycles. The van der Waals surface area contributed by atoms with Crippen LogP contribution < -0.4 is 10.1 Å². The summed E-state index contributed by atoms with van der Waals surface area (Å²) >= 11 is 0. The molecule has 3 rings (SSSR count). The van der Waals surface area contributed by atoms with Crippen molar-refractivity contribution in [3.8, 4) is 11.8 Å². The fraction of sp³-hybridized carbons (Fsp3) is 0.323. The third-order valence-corrected chi connectivity index (χ3v) is 5.63.